The molecule has 2 aromatic rings. The van der Waals surface area contributed by atoms with Crippen LogP contribution in [-0.4, -0.2) is 7.11 Å². The van der Waals surface area contributed by atoms with Crippen LogP contribution in [0.2, 0.25) is 5.02 Å². The maximum absolute atomic E-state index is 5.89. The molecular weight excluding hydrogens is 391 g/mol. The van der Waals surface area contributed by atoms with Crippen molar-refractivity contribution in [1.29, 1.82) is 0 Å². The number of hydrogen-bond acceptors (Lipinski definition) is 1. The van der Waals surface area contributed by atoms with Crippen molar-refractivity contribution in [3.05, 3.63) is 63.1 Å². The molecule has 0 aliphatic carbocycles. The molecule has 100 valence electrons. The van der Waals surface area contributed by atoms with Gasteiger partial charge in [-0.05, 0) is 57.7 Å². The average molecular weight is 405 g/mol. The first kappa shape index (κ1) is 14.9. The molecule has 0 bridgehead atoms. The fourth-order valence-electron chi connectivity index (χ4n) is 1.82. The van der Waals surface area contributed by atoms with Crippen molar-refractivity contribution >= 4 is 43.5 Å². The topological polar surface area (TPSA) is 9.23 Å². The minimum atomic E-state index is 0.260. The SMILES string of the molecule is COc1ccc(C(Br)Cc2ccc(Cl)cc2)cc1Br. The first-order valence-electron chi connectivity index (χ1n) is 5.82. The summed E-state index contributed by atoms with van der Waals surface area (Å²) in [6.07, 6.45) is 0.913. The second kappa shape index (κ2) is 6.78. The number of alkyl halides is 1. The largest absolute Gasteiger partial charge is 0.496 e. The van der Waals surface area contributed by atoms with Crippen molar-refractivity contribution in [1.82, 2.24) is 0 Å². The molecule has 2 rings (SSSR count). The number of halogens is 3. The van der Waals surface area contributed by atoms with Crippen LogP contribution in [0.4, 0.5) is 0 Å². The minimum absolute atomic E-state index is 0.260. The monoisotopic (exact) mass is 402 g/mol. The molecule has 0 saturated carbocycles. The van der Waals surface area contributed by atoms with Crippen LogP contribution in [0.5, 0.6) is 5.75 Å². The summed E-state index contributed by atoms with van der Waals surface area (Å²) in [6, 6.07) is 14.0. The Morgan fingerprint density at radius 1 is 1.16 bits per heavy atom. The molecule has 0 aliphatic rings. The lowest BCUT2D eigenvalue weighted by molar-refractivity contribution is 0.412. The Morgan fingerprint density at radius 3 is 2.42 bits per heavy atom. The van der Waals surface area contributed by atoms with Gasteiger partial charge in [-0.15, -0.1) is 0 Å². The normalized spacial score (nSPS) is 12.2. The van der Waals surface area contributed by atoms with Gasteiger partial charge in [0.2, 0.25) is 0 Å². The smallest absolute Gasteiger partial charge is 0.133 e. The van der Waals surface area contributed by atoms with Crippen molar-refractivity contribution in [3.8, 4) is 5.75 Å². The van der Waals surface area contributed by atoms with E-state index in [2.05, 4.69) is 56.1 Å². The van der Waals surface area contributed by atoms with Gasteiger partial charge in [0.15, 0.2) is 0 Å². The molecule has 0 spiro atoms. The van der Waals surface area contributed by atoms with E-state index in [0.717, 1.165) is 21.7 Å². The third-order valence-electron chi connectivity index (χ3n) is 2.87. The van der Waals surface area contributed by atoms with Crippen molar-refractivity contribution in [3.63, 3.8) is 0 Å². The first-order valence-corrected chi connectivity index (χ1v) is 7.91. The second-order valence-corrected chi connectivity index (χ2v) is 6.59. The highest BCUT2D eigenvalue weighted by Crippen LogP contribution is 2.33. The van der Waals surface area contributed by atoms with Gasteiger partial charge in [-0.1, -0.05) is 45.7 Å². The summed E-state index contributed by atoms with van der Waals surface area (Å²) < 4.78 is 6.20. The molecule has 0 amide bonds. The molecule has 0 aliphatic heterocycles. The number of benzene rings is 2. The van der Waals surface area contributed by atoms with Gasteiger partial charge in [-0.2, -0.15) is 0 Å². The highest BCUT2D eigenvalue weighted by molar-refractivity contribution is 9.10. The molecule has 0 N–H and O–H groups in total. The zero-order valence-corrected chi connectivity index (χ0v) is 14.3. The fourth-order valence-corrected chi connectivity index (χ4v) is 3.17. The molecule has 0 aromatic heterocycles. The number of rotatable bonds is 4. The average Bonchev–Trinajstić information content (AvgIpc) is 2.41. The van der Waals surface area contributed by atoms with Crippen LogP contribution < -0.4 is 4.74 Å². The van der Waals surface area contributed by atoms with Crippen LogP contribution in [-0.2, 0) is 6.42 Å². The van der Waals surface area contributed by atoms with E-state index in [1.807, 2.05) is 18.2 Å². The summed E-state index contributed by atoms with van der Waals surface area (Å²) >= 11 is 13.1. The quantitative estimate of drug-likeness (QED) is 0.586. The molecule has 1 atom stereocenters. The van der Waals surface area contributed by atoms with Crippen LogP contribution in [0.15, 0.2) is 46.9 Å². The maximum Gasteiger partial charge on any atom is 0.133 e. The van der Waals surface area contributed by atoms with Crippen LogP contribution in [0.1, 0.15) is 16.0 Å². The van der Waals surface area contributed by atoms with E-state index in [9.17, 15) is 0 Å². The van der Waals surface area contributed by atoms with Crippen LogP contribution >= 0.6 is 43.5 Å². The summed E-state index contributed by atoms with van der Waals surface area (Å²) in [5.41, 5.74) is 2.46. The standard InChI is InChI=1S/C15H13Br2ClO/c1-19-15-7-4-11(9-14(15)17)13(16)8-10-2-5-12(18)6-3-10/h2-7,9,13H,8H2,1H3. The minimum Gasteiger partial charge on any atom is -0.496 e. The third-order valence-corrected chi connectivity index (χ3v) is 4.59. The summed E-state index contributed by atoms with van der Waals surface area (Å²) in [7, 11) is 1.67. The summed E-state index contributed by atoms with van der Waals surface area (Å²) in [4.78, 5) is 0.260. The summed E-state index contributed by atoms with van der Waals surface area (Å²) in [5, 5.41) is 0.766. The Bertz CT molecular complexity index is 555. The summed E-state index contributed by atoms with van der Waals surface area (Å²) in [5.74, 6) is 0.843. The highest BCUT2D eigenvalue weighted by atomic mass is 79.9. The molecular formula is C15H13Br2ClO. The van der Waals surface area contributed by atoms with E-state index in [1.54, 1.807) is 7.11 Å². The Balaban J connectivity index is 2.13. The van der Waals surface area contributed by atoms with E-state index in [0.29, 0.717) is 0 Å². The van der Waals surface area contributed by atoms with E-state index >= 15 is 0 Å². The van der Waals surface area contributed by atoms with Crippen LogP contribution in [0, 0.1) is 0 Å². The van der Waals surface area contributed by atoms with Gasteiger partial charge in [0.1, 0.15) is 5.75 Å². The lowest BCUT2D eigenvalue weighted by atomic mass is 10.0. The zero-order chi connectivity index (χ0) is 13.8. The van der Waals surface area contributed by atoms with Crippen LogP contribution in [0.25, 0.3) is 0 Å². The Kier molecular flexibility index (Phi) is 5.31. The number of methoxy groups -OCH3 is 1. The van der Waals surface area contributed by atoms with Gasteiger partial charge in [-0.25, -0.2) is 0 Å². The lowest BCUT2D eigenvalue weighted by Gasteiger charge is -2.12. The molecule has 0 heterocycles. The Morgan fingerprint density at radius 2 is 1.84 bits per heavy atom. The zero-order valence-electron chi connectivity index (χ0n) is 10.4. The molecule has 0 fully saturated rings. The van der Waals surface area contributed by atoms with Crippen molar-refractivity contribution < 1.29 is 4.74 Å². The van der Waals surface area contributed by atoms with Gasteiger partial charge in [0.25, 0.3) is 0 Å². The summed E-state index contributed by atoms with van der Waals surface area (Å²) in [6.45, 7) is 0. The van der Waals surface area contributed by atoms with E-state index in [1.165, 1.54) is 11.1 Å². The van der Waals surface area contributed by atoms with Crippen molar-refractivity contribution in [2.45, 2.75) is 11.2 Å². The lowest BCUT2D eigenvalue weighted by Crippen LogP contribution is -1.96. The van der Waals surface area contributed by atoms with Gasteiger partial charge >= 0.3 is 0 Å². The predicted octanol–water partition coefficient (Wildman–Crippen LogP) is 5.79. The second-order valence-electron chi connectivity index (χ2n) is 4.19. The maximum atomic E-state index is 5.89. The van der Waals surface area contributed by atoms with Crippen molar-refractivity contribution in [2.24, 2.45) is 0 Å². The third kappa shape index (κ3) is 3.98. The molecule has 0 saturated heterocycles. The van der Waals surface area contributed by atoms with E-state index < -0.39 is 0 Å². The Hall–Kier alpha value is -0.510. The van der Waals surface area contributed by atoms with Gasteiger partial charge < -0.3 is 4.74 Å². The predicted molar refractivity (Wildman–Crippen MR) is 87.5 cm³/mol. The molecule has 19 heavy (non-hydrogen) atoms. The van der Waals surface area contributed by atoms with Crippen LogP contribution in [0.3, 0.4) is 0 Å². The van der Waals surface area contributed by atoms with E-state index in [-0.39, 0.29) is 4.83 Å². The van der Waals surface area contributed by atoms with E-state index in [4.69, 9.17) is 16.3 Å². The molecule has 0 radical (unpaired) electrons. The highest BCUT2D eigenvalue weighted by Gasteiger charge is 2.11. The number of hydrogen-bond donors (Lipinski definition) is 0. The fraction of sp³-hybridized carbons (Fsp3) is 0.200. The van der Waals surface area contributed by atoms with Gasteiger partial charge in [0, 0.05) is 9.85 Å². The van der Waals surface area contributed by atoms with Gasteiger partial charge in [0.05, 0.1) is 11.6 Å². The van der Waals surface area contributed by atoms with Crippen molar-refractivity contribution in [2.75, 3.05) is 7.11 Å². The first-order chi connectivity index (χ1) is 9.10. The Labute approximate surface area is 135 Å². The molecule has 4 heteroatoms. The number of ether oxygens (including phenoxy) is 1. The molecule has 2 aromatic carbocycles. The molecule has 1 nitrogen and oxygen atoms in total. The van der Waals surface area contributed by atoms with Gasteiger partial charge in [-0.3, -0.25) is 0 Å². The molecule has 1 unspecified atom stereocenters.